The standard InChI is InChI=1S/C12H19NO5/c1-11(2,3)13(10(17)18)7-5-6-12(4,8(13)14)9(15)16/h5-7H2,1-4H3,(H-,15,16,17,18)/p+1. The SMILES string of the molecule is CC1(C(=O)O)CCC[N+](C(=O)O)(C(C)(C)C)C1=O. The summed E-state index contributed by atoms with van der Waals surface area (Å²) in [6.45, 7) is 6.39. The zero-order valence-electron chi connectivity index (χ0n) is 11.2. The van der Waals surface area contributed by atoms with Gasteiger partial charge in [-0.15, -0.1) is 0 Å². The first-order valence-electron chi connectivity index (χ1n) is 5.90. The molecule has 0 aromatic heterocycles. The van der Waals surface area contributed by atoms with Crippen molar-refractivity contribution in [2.75, 3.05) is 6.54 Å². The fourth-order valence-electron chi connectivity index (χ4n) is 2.61. The van der Waals surface area contributed by atoms with E-state index in [2.05, 4.69) is 0 Å². The van der Waals surface area contributed by atoms with Gasteiger partial charge in [-0.2, -0.15) is 9.28 Å². The second-order valence-corrected chi connectivity index (χ2v) is 6.03. The number of aliphatic carboxylic acids is 1. The average Bonchev–Trinajstić information content (AvgIpc) is 2.19. The lowest BCUT2D eigenvalue weighted by Gasteiger charge is -2.47. The molecule has 1 fully saturated rings. The number of hydrogen-bond donors (Lipinski definition) is 2. The van der Waals surface area contributed by atoms with Gasteiger partial charge in [-0.05, 0) is 40.5 Å². The third kappa shape index (κ3) is 1.71. The number of carboxylic acid groups (broad SMARTS) is 2. The molecule has 0 radical (unpaired) electrons. The predicted molar refractivity (Wildman–Crippen MR) is 62.9 cm³/mol. The zero-order chi connectivity index (χ0) is 14.4. The molecule has 0 aromatic carbocycles. The van der Waals surface area contributed by atoms with E-state index in [1.54, 1.807) is 20.8 Å². The fourth-order valence-corrected chi connectivity index (χ4v) is 2.61. The van der Waals surface area contributed by atoms with Gasteiger partial charge in [0, 0.05) is 0 Å². The third-order valence-corrected chi connectivity index (χ3v) is 3.93. The van der Waals surface area contributed by atoms with Gasteiger partial charge in [-0.25, -0.2) is 4.79 Å². The van der Waals surface area contributed by atoms with Crippen LogP contribution in [0.4, 0.5) is 4.79 Å². The predicted octanol–water partition coefficient (Wildman–Crippen LogP) is 1.69. The smallest absolute Gasteiger partial charge is 0.480 e. The highest BCUT2D eigenvalue weighted by Gasteiger charge is 2.64. The van der Waals surface area contributed by atoms with Crippen LogP contribution in [0, 0.1) is 5.41 Å². The third-order valence-electron chi connectivity index (χ3n) is 3.93. The first kappa shape index (κ1) is 14.6. The number of rotatable bonds is 1. The molecule has 6 nitrogen and oxygen atoms in total. The van der Waals surface area contributed by atoms with E-state index in [-0.39, 0.29) is 13.0 Å². The summed E-state index contributed by atoms with van der Waals surface area (Å²) in [6, 6.07) is 0. The van der Waals surface area contributed by atoms with Crippen LogP contribution in [0.3, 0.4) is 0 Å². The topological polar surface area (TPSA) is 91.7 Å². The van der Waals surface area contributed by atoms with Crippen molar-refractivity contribution in [3.05, 3.63) is 0 Å². The summed E-state index contributed by atoms with van der Waals surface area (Å²) in [5.41, 5.74) is -2.50. The average molecular weight is 258 g/mol. The van der Waals surface area contributed by atoms with Crippen LogP contribution in [0.15, 0.2) is 0 Å². The summed E-state index contributed by atoms with van der Waals surface area (Å²) < 4.78 is -0.824. The molecule has 0 saturated carbocycles. The molecule has 2 N–H and O–H groups in total. The van der Waals surface area contributed by atoms with Crippen molar-refractivity contribution in [2.24, 2.45) is 5.41 Å². The zero-order valence-corrected chi connectivity index (χ0v) is 11.2. The van der Waals surface area contributed by atoms with E-state index in [0.29, 0.717) is 6.42 Å². The molecule has 0 aliphatic carbocycles. The second-order valence-electron chi connectivity index (χ2n) is 6.03. The highest BCUT2D eigenvalue weighted by atomic mass is 16.4. The monoisotopic (exact) mass is 258 g/mol. The summed E-state index contributed by atoms with van der Waals surface area (Å²) in [5, 5.41) is 18.7. The Hall–Kier alpha value is -1.43. The number of nitrogens with zero attached hydrogens (tertiary/aromatic N) is 1. The maximum absolute atomic E-state index is 12.5. The lowest BCUT2D eigenvalue weighted by molar-refractivity contribution is -0.838. The van der Waals surface area contributed by atoms with Gasteiger partial charge in [0.2, 0.25) is 0 Å². The Morgan fingerprint density at radius 2 is 1.78 bits per heavy atom. The van der Waals surface area contributed by atoms with Gasteiger partial charge in [0.05, 0.1) is 6.54 Å². The Kier molecular flexibility index (Phi) is 3.29. The molecule has 102 valence electrons. The van der Waals surface area contributed by atoms with Crippen molar-refractivity contribution in [3.8, 4) is 0 Å². The highest BCUT2D eigenvalue weighted by Crippen LogP contribution is 2.41. The van der Waals surface area contributed by atoms with Crippen LogP contribution in [0.2, 0.25) is 0 Å². The van der Waals surface area contributed by atoms with E-state index in [1.165, 1.54) is 6.92 Å². The van der Waals surface area contributed by atoms with Gasteiger partial charge in [-0.3, -0.25) is 4.79 Å². The molecule has 2 atom stereocenters. The van der Waals surface area contributed by atoms with Gasteiger partial charge in [-0.1, -0.05) is 0 Å². The molecule has 1 aliphatic heterocycles. The van der Waals surface area contributed by atoms with Crippen molar-refractivity contribution in [2.45, 2.75) is 46.1 Å². The van der Waals surface area contributed by atoms with Crippen LogP contribution in [0.5, 0.6) is 0 Å². The number of quaternary nitrogens is 1. The largest absolute Gasteiger partial charge is 0.521 e. The van der Waals surface area contributed by atoms with Crippen molar-refractivity contribution in [3.63, 3.8) is 0 Å². The molecule has 0 bridgehead atoms. The van der Waals surface area contributed by atoms with E-state index in [0.717, 1.165) is 0 Å². The lowest BCUT2D eigenvalue weighted by Crippen LogP contribution is -2.72. The van der Waals surface area contributed by atoms with E-state index in [9.17, 15) is 24.6 Å². The Bertz CT molecular complexity index is 411. The minimum absolute atomic E-state index is 0.139. The lowest BCUT2D eigenvalue weighted by atomic mass is 9.77. The van der Waals surface area contributed by atoms with Crippen LogP contribution < -0.4 is 0 Å². The maximum atomic E-state index is 12.5. The fraction of sp³-hybridized carbons (Fsp3) is 0.750. The number of amides is 2. The minimum Gasteiger partial charge on any atom is -0.480 e. The number of imide groups is 1. The van der Waals surface area contributed by atoms with Crippen LogP contribution in [0.25, 0.3) is 0 Å². The quantitative estimate of drug-likeness (QED) is 0.551. The van der Waals surface area contributed by atoms with Crippen molar-refractivity contribution < 1.29 is 29.1 Å². The van der Waals surface area contributed by atoms with Crippen molar-refractivity contribution in [1.82, 2.24) is 0 Å². The van der Waals surface area contributed by atoms with E-state index in [4.69, 9.17) is 0 Å². The molecule has 1 heterocycles. The van der Waals surface area contributed by atoms with E-state index < -0.39 is 33.4 Å². The van der Waals surface area contributed by atoms with Gasteiger partial charge in [0.25, 0.3) is 0 Å². The van der Waals surface area contributed by atoms with Gasteiger partial charge >= 0.3 is 18.0 Å². The van der Waals surface area contributed by atoms with Gasteiger partial charge in [0.1, 0.15) is 5.54 Å². The summed E-state index contributed by atoms with van der Waals surface area (Å²) in [6.07, 6.45) is -0.692. The summed E-state index contributed by atoms with van der Waals surface area (Å²) in [4.78, 5) is 35.4. The Balaban J connectivity index is 3.43. The van der Waals surface area contributed by atoms with Crippen molar-refractivity contribution in [1.29, 1.82) is 0 Å². The normalized spacial score (nSPS) is 33.2. The molecular weight excluding hydrogens is 238 g/mol. The number of carbonyl (C=O) groups is 3. The van der Waals surface area contributed by atoms with Crippen LogP contribution in [-0.4, -0.2) is 44.7 Å². The number of carbonyl (C=O) groups excluding carboxylic acids is 1. The molecule has 2 amide bonds. The summed E-state index contributed by atoms with van der Waals surface area (Å²) in [7, 11) is 0. The first-order valence-corrected chi connectivity index (χ1v) is 5.90. The Morgan fingerprint density at radius 3 is 2.11 bits per heavy atom. The summed E-state index contributed by atoms with van der Waals surface area (Å²) in [5.74, 6) is -1.98. The van der Waals surface area contributed by atoms with Crippen LogP contribution in [-0.2, 0) is 9.59 Å². The Labute approximate surface area is 106 Å². The maximum Gasteiger partial charge on any atom is 0.521 e. The molecule has 1 rings (SSSR count). The highest BCUT2D eigenvalue weighted by molar-refractivity contribution is 6.01. The summed E-state index contributed by atoms with van der Waals surface area (Å²) >= 11 is 0. The molecule has 1 saturated heterocycles. The van der Waals surface area contributed by atoms with E-state index in [1.807, 2.05) is 0 Å². The van der Waals surface area contributed by atoms with Crippen LogP contribution in [0.1, 0.15) is 40.5 Å². The van der Waals surface area contributed by atoms with E-state index >= 15 is 0 Å². The molecule has 0 spiro atoms. The number of piperidine rings is 1. The molecule has 1 aliphatic rings. The van der Waals surface area contributed by atoms with Crippen molar-refractivity contribution >= 4 is 18.0 Å². The van der Waals surface area contributed by atoms with Gasteiger partial charge in [0.15, 0.2) is 5.41 Å². The number of hydrogen-bond acceptors (Lipinski definition) is 3. The number of likely N-dealkylation sites (tertiary alicyclic amines) is 1. The minimum atomic E-state index is -1.62. The number of carboxylic acids is 1. The first-order chi connectivity index (χ1) is 8.00. The molecule has 6 heteroatoms. The van der Waals surface area contributed by atoms with Gasteiger partial charge < -0.3 is 10.2 Å². The second kappa shape index (κ2) is 4.05. The van der Waals surface area contributed by atoms with Crippen LogP contribution >= 0.6 is 0 Å². The molecular formula is C12H20NO5+. The Morgan fingerprint density at radius 1 is 1.28 bits per heavy atom. The molecule has 2 unspecified atom stereocenters. The molecule has 18 heavy (non-hydrogen) atoms. The molecule has 0 aromatic rings.